The van der Waals surface area contributed by atoms with Gasteiger partial charge in [0.1, 0.15) is 5.82 Å². The summed E-state index contributed by atoms with van der Waals surface area (Å²) in [6.45, 7) is 8.38. The monoisotopic (exact) mass is 491 g/mol. The number of oxazole rings is 1. The van der Waals surface area contributed by atoms with Crippen LogP contribution in [0.1, 0.15) is 27.8 Å². The van der Waals surface area contributed by atoms with Crippen molar-refractivity contribution in [2.75, 3.05) is 63.8 Å². The Bertz CT molecular complexity index is 1210. The second kappa shape index (κ2) is 10.5. The van der Waals surface area contributed by atoms with Crippen molar-refractivity contribution in [1.82, 2.24) is 19.7 Å². The van der Waals surface area contributed by atoms with Gasteiger partial charge in [-0.15, -0.1) is 0 Å². The zero-order valence-electron chi connectivity index (χ0n) is 20.4. The number of halogens is 1. The molecule has 5 rings (SSSR count). The lowest BCUT2D eigenvalue weighted by Gasteiger charge is -2.36. The Kier molecular flexibility index (Phi) is 6.99. The number of aromatic nitrogens is 1. The molecule has 2 fully saturated rings. The van der Waals surface area contributed by atoms with Crippen molar-refractivity contribution >= 4 is 17.5 Å². The molecule has 1 aromatic heterocycles. The summed E-state index contributed by atoms with van der Waals surface area (Å²) in [6.07, 6.45) is 1.27. The van der Waals surface area contributed by atoms with Gasteiger partial charge in [0.25, 0.3) is 11.8 Å². The summed E-state index contributed by atoms with van der Waals surface area (Å²) in [7, 11) is 0. The third kappa shape index (κ3) is 4.83. The maximum atomic E-state index is 13.6. The zero-order chi connectivity index (χ0) is 25.1. The van der Waals surface area contributed by atoms with Gasteiger partial charge in [-0.1, -0.05) is 25.1 Å². The van der Waals surface area contributed by atoms with E-state index in [1.807, 2.05) is 12.1 Å². The van der Waals surface area contributed by atoms with Crippen molar-refractivity contribution in [3.05, 3.63) is 72.0 Å². The Morgan fingerprint density at radius 1 is 0.861 bits per heavy atom. The molecule has 2 saturated heterocycles. The largest absolute Gasteiger partial charge is 0.443 e. The molecular formula is C27H30FN5O3. The van der Waals surface area contributed by atoms with E-state index in [2.05, 4.69) is 21.7 Å². The fourth-order valence-corrected chi connectivity index (χ4v) is 4.86. The first kappa shape index (κ1) is 24.0. The number of rotatable bonds is 5. The van der Waals surface area contributed by atoms with Gasteiger partial charge in [0.2, 0.25) is 0 Å². The normalized spacial score (nSPS) is 16.9. The first-order valence-electron chi connectivity index (χ1n) is 12.4. The minimum absolute atomic E-state index is 0.115. The zero-order valence-corrected chi connectivity index (χ0v) is 20.4. The van der Waals surface area contributed by atoms with E-state index in [0.717, 1.165) is 25.3 Å². The van der Waals surface area contributed by atoms with Gasteiger partial charge in [0.15, 0.2) is 17.8 Å². The molecule has 2 amide bonds. The van der Waals surface area contributed by atoms with Gasteiger partial charge < -0.3 is 24.0 Å². The summed E-state index contributed by atoms with van der Waals surface area (Å²) in [4.78, 5) is 39.1. The van der Waals surface area contributed by atoms with E-state index in [9.17, 15) is 14.0 Å². The molecular weight excluding hydrogens is 461 g/mol. The lowest BCUT2D eigenvalue weighted by Crippen LogP contribution is -2.49. The van der Waals surface area contributed by atoms with Crippen molar-refractivity contribution in [2.24, 2.45) is 0 Å². The number of hydrogen-bond donors (Lipinski definition) is 0. The standard InChI is InChI=1S/C27H30FN5O3/c1-2-30-11-13-33(14-12-30)27(35)24-25(36-19-29-24)22-5-3-4-6-23(22)26(34)32-17-15-31(16-18-32)21-9-7-20(28)8-10-21/h3-10,19H,2,11-18H2,1H3. The molecule has 0 saturated carbocycles. The fourth-order valence-electron chi connectivity index (χ4n) is 4.86. The number of amides is 2. The molecule has 0 aliphatic carbocycles. The Hall–Kier alpha value is -3.72. The van der Waals surface area contributed by atoms with Gasteiger partial charge in [-0.25, -0.2) is 9.37 Å². The summed E-state index contributed by atoms with van der Waals surface area (Å²) in [5.41, 5.74) is 2.22. The van der Waals surface area contributed by atoms with Gasteiger partial charge in [-0.3, -0.25) is 9.59 Å². The smallest absolute Gasteiger partial charge is 0.276 e. The van der Waals surface area contributed by atoms with Crippen molar-refractivity contribution in [3.8, 4) is 11.3 Å². The molecule has 8 nitrogen and oxygen atoms in total. The highest BCUT2D eigenvalue weighted by Gasteiger charge is 2.30. The van der Waals surface area contributed by atoms with Gasteiger partial charge in [0.05, 0.1) is 5.56 Å². The van der Waals surface area contributed by atoms with Crippen LogP contribution in [0.5, 0.6) is 0 Å². The predicted octanol–water partition coefficient (Wildman–Crippen LogP) is 3.22. The first-order valence-corrected chi connectivity index (χ1v) is 12.4. The number of carbonyl (C=O) groups is 2. The Balaban J connectivity index is 1.32. The fraction of sp³-hybridized carbons (Fsp3) is 0.370. The summed E-state index contributed by atoms with van der Waals surface area (Å²) >= 11 is 0. The summed E-state index contributed by atoms with van der Waals surface area (Å²) in [5, 5.41) is 0. The highest BCUT2D eigenvalue weighted by Crippen LogP contribution is 2.29. The summed E-state index contributed by atoms with van der Waals surface area (Å²) in [5.74, 6) is -0.232. The van der Waals surface area contributed by atoms with E-state index in [1.165, 1.54) is 18.5 Å². The second-order valence-corrected chi connectivity index (χ2v) is 9.06. The van der Waals surface area contributed by atoms with Crippen molar-refractivity contribution in [3.63, 3.8) is 0 Å². The molecule has 0 N–H and O–H groups in total. The predicted molar refractivity (Wildman–Crippen MR) is 134 cm³/mol. The van der Waals surface area contributed by atoms with E-state index >= 15 is 0 Å². The molecule has 0 spiro atoms. The number of hydrogen-bond acceptors (Lipinski definition) is 6. The first-order chi connectivity index (χ1) is 17.5. The third-order valence-electron chi connectivity index (χ3n) is 7.04. The van der Waals surface area contributed by atoms with Crippen LogP contribution in [0.2, 0.25) is 0 Å². The molecule has 2 aliphatic heterocycles. The number of nitrogens with zero attached hydrogens (tertiary/aromatic N) is 5. The Morgan fingerprint density at radius 3 is 2.19 bits per heavy atom. The van der Waals surface area contributed by atoms with Crippen molar-refractivity contribution in [1.29, 1.82) is 0 Å². The van der Waals surface area contributed by atoms with Crippen LogP contribution in [0.25, 0.3) is 11.3 Å². The van der Waals surface area contributed by atoms with E-state index in [0.29, 0.717) is 56.2 Å². The van der Waals surface area contributed by atoms with Crippen LogP contribution in [0.4, 0.5) is 10.1 Å². The molecule has 0 atom stereocenters. The van der Waals surface area contributed by atoms with Crippen LogP contribution in [0, 0.1) is 5.82 Å². The molecule has 2 aromatic carbocycles. The SMILES string of the molecule is CCN1CCN(C(=O)c2ncoc2-c2ccccc2C(=O)N2CCN(c3ccc(F)cc3)CC2)CC1. The molecule has 0 unspecified atom stereocenters. The molecule has 188 valence electrons. The van der Waals surface area contributed by atoms with Crippen LogP contribution < -0.4 is 4.90 Å². The highest BCUT2D eigenvalue weighted by molar-refractivity contribution is 6.04. The van der Waals surface area contributed by atoms with E-state index < -0.39 is 0 Å². The van der Waals surface area contributed by atoms with Gasteiger partial charge in [0, 0.05) is 63.6 Å². The lowest BCUT2D eigenvalue weighted by molar-refractivity contribution is 0.0637. The quantitative estimate of drug-likeness (QED) is 0.546. The van der Waals surface area contributed by atoms with E-state index in [4.69, 9.17) is 4.42 Å². The maximum Gasteiger partial charge on any atom is 0.276 e. The average molecular weight is 492 g/mol. The molecule has 0 radical (unpaired) electrons. The van der Waals surface area contributed by atoms with E-state index in [1.54, 1.807) is 34.1 Å². The Labute approximate surface area is 209 Å². The van der Waals surface area contributed by atoms with Crippen LogP contribution in [-0.2, 0) is 0 Å². The summed E-state index contributed by atoms with van der Waals surface area (Å²) in [6, 6.07) is 13.6. The lowest BCUT2D eigenvalue weighted by atomic mass is 10.0. The minimum Gasteiger partial charge on any atom is -0.443 e. The van der Waals surface area contributed by atoms with Gasteiger partial charge in [-0.2, -0.15) is 0 Å². The highest BCUT2D eigenvalue weighted by atomic mass is 19.1. The average Bonchev–Trinajstić information content (AvgIpc) is 3.43. The number of carbonyl (C=O) groups excluding carboxylic acids is 2. The van der Waals surface area contributed by atoms with Crippen LogP contribution >= 0.6 is 0 Å². The molecule has 3 heterocycles. The van der Waals surface area contributed by atoms with Gasteiger partial charge in [-0.05, 0) is 36.9 Å². The third-order valence-corrected chi connectivity index (χ3v) is 7.04. The molecule has 0 bridgehead atoms. The molecule has 2 aliphatic rings. The minimum atomic E-state index is -0.266. The maximum absolute atomic E-state index is 13.6. The molecule has 36 heavy (non-hydrogen) atoms. The number of anilines is 1. The van der Waals surface area contributed by atoms with Gasteiger partial charge >= 0.3 is 0 Å². The van der Waals surface area contributed by atoms with E-state index in [-0.39, 0.29) is 23.3 Å². The summed E-state index contributed by atoms with van der Waals surface area (Å²) < 4.78 is 19.0. The van der Waals surface area contributed by atoms with Crippen molar-refractivity contribution < 1.29 is 18.4 Å². The second-order valence-electron chi connectivity index (χ2n) is 9.06. The Morgan fingerprint density at radius 2 is 1.50 bits per heavy atom. The topological polar surface area (TPSA) is 73.1 Å². The van der Waals surface area contributed by atoms with Crippen LogP contribution in [0.3, 0.4) is 0 Å². The van der Waals surface area contributed by atoms with Crippen molar-refractivity contribution in [2.45, 2.75) is 6.92 Å². The van der Waals surface area contributed by atoms with Crippen LogP contribution in [-0.4, -0.2) is 90.4 Å². The number of benzene rings is 2. The molecule has 9 heteroatoms. The van der Waals surface area contributed by atoms with Crippen LogP contribution in [0.15, 0.2) is 59.3 Å². The molecule has 3 aromatic rings. The number of piperazine rings is 2. The number of likely N-dealkylation sites (N-methyl/N-ethyl adjacent to an activating group) is 1.